The van der Waals surface area contributed by atoms with Gasteiger partial charge in [-0.05, 0) is 38.5 Å². The molecule has 2 aromatic heterocycles. The number of nitrogens with one attached hydrogen (secondary N) is 1. The number of piperidine rings is 1. The lowest BCUT2D eigenvalue weighted by atomic mass is 9.92. The molecule has 0 radical (unpaired) electrons. The van der Waals surface area contributed by atoms with E-state index in [0.717, 1.165) is 46.8 Å². The monoisotopic (exact) mass is 686 g/mol. The highest BCUT2D eigenvalue weighted by Gasteiger charge is 2.55. The second-order valence-corrected chi connectivity index (χ2v) is 13.8. The van der Waals surface area contributed by atoms with Crippen LogP contribution in [-0.4, -0.2) is 104 Å². The van der Waals surface area contributed by atoms with Crippen LogP contribution in [0.25, 0.3) is 0 Å². The molecule has 0 unspecified atom stereocenters. The van der Waals surface area contributed by atoms with E-state index in [2.05, 4.69) is 15.5 Å². The van der Waals surface area contributed by atoms with Crippen LogP contribution < -0.4 is 15.6 Å². The lowest BCUT2D eigenvalue weighted by molar-refractivity contribution is -0.685. The zero-order valence-corrected chi connectivity index (χ0v) is 27.1. The molecule has 0 spiro atoms. The number of rotatable bonds is 11. The van der Waals surface area contributed by atoms with Crippen LogP contribution in [0.1, 0.15) is 43.4 Å². The first-order valence-corrected chi connectivity index (χ1v) is 17.2. The Balaban J connectivity index is 1.07. The van der Waals surface area contributed by atoms with Gasteiger partial charge in [0.15, 0.2) is 28.9 Å². The van der Waals surface area contributed by atoms with Gasteiger partial charge in [-0.3, -0.25) is 19.3 Å². The van der Waals surface area contributed by atoms with Crippen molar-refractivity contribution in [2.45, 2.75) is 74.3 Å². The number of aliphatic hydroxyl groups excluding tert-OH is 1. The molecule has 2 saturated heterocycles. The van der Waals surface area contributed by atoms with Crippen LogP contribution in [0.4, 0.5) is 5.13 Å². The van der Waals surface area contributed by atoms with E-state index in [1.165, 1.54) is 18.0 Å². The Hall–Kier alpha value is -4.22. The van der Waals surface area contributed by atoms with Crippen LogP contribution in [0.2, 0.25) is 0 Å². The quantitative estimate of drug-likeness (QED) is 0.0842. The molecule has 2 aromatic rings. The molecule has 3 amide bonds. The molecule has 1 aliphatic carbocycles. The number of carboxylic acids is 1. The predicted octanol–water partition coefficient (Wildman–Crippen LogP) is 0.474. The number of hydrogen-bond donors (Lipinski definition) is 4. The number of anilines is 1. The number of likely N-dealkylation sites (tertiary alicyclic amines) is 1. The Morgan fingerprint density at radius 1 is 1.19 bits per heavy atom. The molecular formula is C30H36N7O8S2+. The first-order chi connectivity index (χ1) is 22.7. The van der Waals surface area contributed by atoms with Gasteiger partial charge in [-0.25, -0.2) is 9.78 Å². The minimum absolute atomic E-state index is 0.00759. The SMILES string of the molecule is Nc1ncc(C(=NOC2CCCC2)C(=O)N[C@@H]2C(=O)N3C(C(=O)O)=C(CSc4cc[n+](CC(=O)N5CCC(O)CC5)cc4)OC[C@H]23)s1. The fourth-order valence-corrected chi connectivity index (χ4v) is 7.46. The van der Waals surface area contributed by atoms with Gasteiger partial charge in [-0.1, -0.05) is 16.5 Å². The third-order valence-corrected chi connectivity index (χ3v) is 10.4. The van der Waals surface area contributed by atoms with Crippen LogP contribution in [-0.2, 0) is 35.3 Å². The summed E-state index contributed by atoms with van der Waals surface area (Å²) in [5, 5.41) is 26.7. The number of aromatic nitrogens is 2. The largest absolute Gasteiger partial charge is 0.492 e. The lowest BCUT2D eigenvalue weighted by Gasteiger charge is -2.49. The summed E-state index contributed by atoms with van der Waals surface area (Å²) < 4.78 is 7.62. The number of nitrogens with two attached hydrogens (primary N) is 1. The summed E-state index contributed by atoms with van der Waals surface area (Å²) in [5.74, 6) is -2.28. The summed E-state index contributed by atoms with van der Waals surface area (Å²) in [5.41, 5.74) is 5.45. The summed E-state index contributed by atoms with van der Waals surface area (Å²) in [4.78, 5) is 65.2. The normalized spacial score (nSPS) is 22.1. The summed E-state index contributed by atoms with van der Waals surface area (Å²) in [6.45, 7) is 1.24. The molecule has 250 valence electrons. The number of aliphatic hydroxyl groups is 1. The molecule has 2 atom stereocenters. The molecule has 5 N–H and O–H groups in total. The number of oxime groups is 1. The van der Waals surface area contributed by atoms with Crippen LogP contribution in [0.3, 0.4) is 0 Å². The topological polar surface area (TPSA) is 201 Å². The number of nitrogens with zero attached hydrogens (tertiary/aromatic N) is 5. The Morgan fingerprint density at radius 2 is 1.91 bits per heavy atom. The minimum Gasteiger partial charge on any atom is -0.492 e. The molecule has 1 saturated carbocycles. The number of carbonyl (C=O) groups excluding carboxylic acids is 3. The average Bonchev–Trinajstić information content (AvgIpc) is 3.75. The van der Waals surface area contributed by atoms with E-state index in [-0.39, 0.29) is 59.3 Å². The van der Waals surface area contributed by atoms with Crippen molar-refractivity contribution in [1.82, 2.24) is 20.1 Å². The number of β-lactam (4-membered cyclic amide) rings is 1. The van der Waals surface area contributed by atoms with E-state index in [4.69, 9.17) is 15.3 Å². The highest BCUT2D eigenvalue weighted by molar-refractivity contribution is 7.99. The number of pyridine rings is 1. The number of amides is 3. The molecule has 47 heavy (non-hydrogen) atoms. The maximum Gasteiger partial charge on any atom is 0.356 e. The van der Waals surface area contributed by atoms with Crippen molar-refractivity contribution in [3.63, 3.8) is 0 Å². The number of fused-ring (bicyclic) bond motifs is 1. The third kappa shape index (κ3) is 7.36. The molecule has 15 nitrogen and oxygen atoms in total. The summed E-state index contributed by atoms with van der Waals surface area (Å²) in [7, 11) is 0. The van der Waals surface area contributed by atoms with Gasteiger partial charge in [0.1, 0.15) is 30.6 Å². The average molecular weight is 687 g/mol. The van der Waals surface area contributed by atoms with Crippen molar-refractivity contribution >= 4 is 57.6 Å². The van der Waals surface area contributed by atoms with Crippen molar-refractivity contribution in [3.8, 4) is 0 Å². The Bertz CT molecular complexity index is 1580. The van der Waals surface area contributed by atoms with Crippen molar-refractivity contribution in [1.29, 1.82) is 0 Å². The van der Waals surface area contributed by atoms with E-state index in [1.807, 2.05) is 12.1 Å². The number of nitrogen functional groups attached to an aromatic ring is 1. The van der Waals surface area contributed by atoms with Crippen LogP contribution >= 0.6 is 23.1 Å². The molecule has 17 heteroatoms. The fourth-order valence-electron chi connectivity index (χ4n) is 5.96. The molecule has 3 aliphatic heterocycles. The van der Waals surface area contributed by atoms with Gasteiger partial charge in [0.05, 0.1) is 16.7 Å². The fraction of sp³-hybridized carbons (Fsp3) is 0.500. The highest BCUT2D eigenvalue weighted by atomic mass is 32.2. The van der Waals surface area contributed by atoms with Crippen molar-refractivity contribution < 1.29 is 43.5 Å². The molecule has 6 rings (SSSR count). The van der Waals surface area contributed by atoms with E-state index in [1.54, 1.807) is 21.9 Å². The van der Waals surface area contributed by atoms with E-state index in [9.17, 15) is 29.4 Å². The van der Waals surface area contributed by atoms with Crippen LogP contribution in [0.5, 0.6) is 0 Å². The van der Waals surface area contributed by atoms with Gasteiger partial charge in [-0.2, -0.15) is 4.57 Å². The first-order valence-electron chi connectivity index (χ1n) is 15.4. The zero-order chi connectivity index (χ0) is 33.1. The zero-order valence-electron chi connectivity index (χ0n) is 25.4. The smallest absolute Gasteiger partial charge is 0.356 e. The number of aliphatic carboxylic acids is 1. The Kier molecular flexibility index (Phi) is 9.93. The maximum absolute atomic E-state index is 13.3. The molecule has 0 bridgehead atoms. The molecule has 5 heterocycles. The molecule has 0 aromatic carbocycles. The van der Waals surface area contributed by atoms with Gasteiger partial charge in [0, 0.05) is 36.3 Å². The van der Waals surface area contributed by atoms with Gasteiger partial charge < -0.3 is 35.7 Å². The summed E-state index contributed by atoms with van der Waals surface area (Å²) in [6.07, 6.45) is 9.37. The van der Waals surface area contributed by atoms with Crippen LogP contribution in [0.15, 0.2) is 52.2 Å². The molecular weight excluding hydrogens is 651 g/mol. The number of hydrogen-bond acceptors (Lipinski definition) is 12. The number of carbonyl (C=O) groups is 4. The summed E-state index contributed by atoms with van der Waals surface area (Å²) >= 11 is 2.39. The number of thiazole rings is 1. The highest BCUT2D eigenvalue weighted by Crippen LogP contribution is 2.35. The van der Waals surface area contributed by atoms with Crippen molar-refractivity contribution in [2.24, 2.45) is 5.16 Å². The van der Waals surface area contributed by atoms with Gasteiger partial charge in [0.25, 0.3) is 17.7 Å². The minimum atomic E-state index is -1.31. The molecule has 4 aliphatic rings. The van der Waals surface area contributed by atoms with Gasteiger partial charge in [0.2, 0.25) is 6.54 Å². The summed E-state index contributed by atoms with van der Waals surface area (Å²) in [6, 6.07) is 1.90. The number of ether oxygens (including phenoxy) is 1. The van der Waals surface area contributed by atoms with Crippen molar-refractivity contribution in [2.75, 3.05) is 31.2 Å². The lowest BCUT2D eigenvalue weighted by Crippen LogP contribution is -2.73. The standard InChI is InChI=1S/C30H35N7O8S2/c31-30-32-13-22(47-30)25(34-45-18-3-1-2-4-18)27(40)33-24-20-15-44-21(26(29(42)43)37(20)28(24)41)16-46-19-7-9-35(10-8-19)14-23(39)36-11-5-17(38)6-12-36/h7-10,13,17-18,20,24,38H,1-6,11-12,14-16H2,(H3-,31,32,33,34,40,42,43)/p+1/t20-,24+/m1/s1. The van der Waals surface area contributed by atoms with E-state index >= 15 is 0 Å². The van der Waals surface area contributed by atoms with E-state index in [0.29, 0.717) is 30.8 Å². The van der Waals surface area contributed by atoms with Gasteiger partial charge in [-0.15, -0.1) is 11.8 Å². The van der Waals surface area contributed by atoms with Gasteiger partial charge >= 0.3 is 5.97 Å². The second-order valence-electron chi connectivity index (χ2n) is 11.7. The van der Waals surface area contributed by atoms with Crippen LogP contribution in [0, 0.1) is 0 Å². The molecule has 3 fully saturated rings. The maximum atomic E-state index is 13.3. The van der Waals surface area contributed by atoms with E-state index < -0.39 is 29.9 Å². The van der Waals surface area contributed by atoms with Crippen molar-refractivity contribution in [3.05, 3.63) is 47.1 Å². The second kappa shape index (κ2) is 14.3. The first kappa shape index (κ1) is 32.7. The predicted molar refractivity (Wildman–Crippen MR) is 169 cm³/mol. The Morgan fingerprint density at radius 3 is 2.57 bits per heavy atom. The Labute approximate surface area is 278 Å². The number of carboxylic acid groups (broad SMARTS) is 1. The number of thioether (sulfide) groups is 1. The third-order valence-electron chi connectivity index (χ3n) is 8.58.